The molecule has 0 radical (unpaired) electrons. The van der Waals surface area contributed by atoms with Crippen molar-refractivity contribution in [3.63, 3.8) is 0 Å². The van der Waals surface area contributed by atoms with Gasteiger partial charge in [-0.2, -0.15) is 0 Å². The van der Waals surface area contributed by atoms with Gasteiger partial charge in [0, 0.05) is 0 Å². The van der Waals surface area contributed by atoms with Gasteiger partial charge in [-0.05, 0) is 150 Å². The molecule has 0 unspecified atom stereocenters. The number of rotatable bonds is 16. The Balaban J connectivity index is 1.73. The van der Waals surface area contributed by atoms with Gasteiger partial charge in [-0.25, -0.2) is 18.2 Å². The third-order valence-corrected chi connectivity index (χ3v) is 16.8. The van der Waals surface area contributed by atoms with Gasteiger partial charge >= 0.3 is 28.6 Å². The molecule has 326 valence electrons. The fraction of sp³-hybridized carbons (Fsp3) is 0.265. The maximum absolute atomic E-state index is 16.7. The minimum absolute atomic E-state index is 0.155. The lowest BCUT2D eigenvalue weighted by atomic mass is 10.1. The molecule has 62 heavy (non-hydrogen) atoms. The fourth-order valence-corrected chi connectivity index (χ4v) is 14.6. The lowest BCUT2D eigenvalue weighted by molar-refractivity contribution is 0.185. The van der Waals surface area contributed by atoms with Gasteiger partial charge < -0.3 is 27.1 Å². The molecule has 6 rings (SSSR count). The summed E-state index contributed by atoms with van der Waals surface area (Å²) < 4.78 is 95.8. The maximum atomic E-state index is 16.7. The van der Waals surface area contributed by atoms with Gasteiger partial charge in [-0.15, -0.1) is 0 Å². The molecule has 0 bridgehead atoms. The van der Waals surface area contributed by atoms with E-state index in [2.05, 4.69) is 0 Å². The van der Waals surface area contributed by atoms with Crippen molar-refractivity contribution in [3.8, 4) is 34.5 Å². The molecule has 6 aromatic rings. The van der Waals surface area contributed by atoms with Crippen LogP contribution >= 0.6 is 23.0 Å². The number of hydrogen-bond donors (Lipinski definition) is 0. The van der Waals surface area contributed by atoms with Gasteiger partial charge in [-0.3, -0.25) is 0 Å². The zero-order chi connectivity index (χ0) is 45.1. The molecule has 13 heteroatoms. The molecule has 0 spiro atoms. The first kappa shape index (κ1) is 46.3. The van der Waals surface area contributed by atoms with Crippen molar-refractivity contribution < 1.29 is 45.4 Å². The summed E-state index contributed by atoms with van der Waals surface area (Å²) >= 11 is 0. The highest BCUT2D eigenvalue weighted by atomic mass is 31.2. The third kappa shape index (κ3) is 10.0. The minimum atomic E-state index is -5.26. The number of aryl methyl sites for hydroxylation is 12. The topological polar surface area (TPSA) is 116 Å². The van der Waals surface area contributed by atoms with E-state index < -0.39 is 28.6 Å². The third-order valence-electron chi connectivity index (χ3n) is 10.5. The number of phosphoric ester groups is 1. The van der Waals surface area contributed by atoms with Gasteiger partial charge in [0.25, 0.3) is 0 Å². The molecule has 0 aromatic heterocycles. The molecule has 0 aliphatic rings. The van der Waals surface area contributed by atoms with E-state index in [4.69, 9.17) is 31.7 Å². The van der Waals surface area contributed by atoms with Crippen LogP contribution in [0.15, 0.2) is 109 Å². The van der Waals surface area contributed by atoms with E-state index in [1.807, 2.05) is 36.4 Å². The van der Waals surface area contributed by atoms with Crippen molar-refractivity contribution in [2.24, 2.45) is 0 Å². The van der Waals surface area contributed by atoms with E-state index in [1.165, 1.54) is 0 Å². The molecule has 0 amide bonds. The smallest absolute Gasteiger partial charge is 0.413 e. The quantitative estimate of drug-likeness (QED) is 0.0869. The Bertz CT molecular complexity index is 2360. The molecular weight excluding hydrogens is 841 g/mol. The fourth-order valence-electron chi connectivity index (χ4n) is 7.07. The van der Waals surface area contributed by atoms with Gasteiger partial charge in [0.05, 0.1) is 0 Å². The first-order valence-corrected chi connectivity index (χ1v) is 25.0. The van der Waals surface area contributed by atoms with Crippen molar-refractivity contribution in [1.82, 2.24) is 0 Å². The summed E-state index contributed by atoms with van der Waals surface area (Å²) in [6.45, 7) is 21.3. The molecule has 0 saturated carbocycles. The van der Waals surface area contributed by atoms with Gasteiger partial charge in [0.2, 0.25) is 0 Å². The van der Waals surface area contributed by atoms with E-state index in [9.17, 15) is 0 Å². The molecule has 0 aliphatic carbocycles. The van der Waals surface area contributed by atoms with Gasteiger partial charge in [0.15, 0.2) is 0 Å². The highest BCUT2D eigenvalue weighted by molar-refractivity contribution is 7.73. The molecule has 0 heterocycles. The monoisotopic (exact) mass is 896 g/mol. The molecule has 0 saturated heterocycles. The van der Waals surface area contributed by atoms with Crippen LogP contribution in [0.5, 0.6) is 34.5 Å². The van der Waals surface area contributed by atoms with Crippen LogP contribution in [0.3, 0.4) is 0 Å². The predicted octanol–water partition coefficient (Wildman–Crippen LogP) is 15.0. The zero-order valence-electron chi connectivity index (χ0n) is 37.4. The van der Waals surface area contributed by atoms with Crippen LogP contribution in [0.1, 0.15) is 66.8 Å². The molecule has 0 atom stereocenters. The van der Waals surface area contributed by atoms with Gasteiger partial charge in [-0.1, -0.05) is 109 Å². The largest absolute Gasteiger partial charge is 0.589 e. The first-order valence-electron chi connectivity index (χ1n) is 20.3. The second kappa shape index (κ2) is 18.6. The average molecular weight is 897 g/mol. The van der Waals surface area contributed by atoms with Crippen molar-refractivity contribution in [1.29, 1.82) is 0 Å². The van der Waals surface area contributed by atoms with Crippen LogP contribution in [0.25, 0.3) is 0 Å². The average Bonchev–Trinajstić information content (AvgIpc) is 3.20. The molecular formula is C49H55O10P3. The lowest BCUT2D eigenvalue weighted by Gasteiger charge is -2.35. The second-order valence-electron chi connectivity index (χ2n) is 15.8. The molecule has 6 aromatic carbocycles. The number of para-hydroxylation sites is 6. The molecule has 10 nitrogen and oxygen atoms in total. The summed E-state index contributed by atoms with van der Waals surface area (Å²) in [4.78, 5) is 0. The Morgan fingerprint density at radius 1 is 0.290 bits per heavy atom. The summed E-state index contributed by atoms with van der Waals surface area (Å²) in [5.74, 6) is 0.960. The lowest BCUT2D eigenvalue weighted by Crippen LogP contribution is -2.27. The van der Waals surface area contributed by atoms with E-state index in [1.54, 1.807) is 156 Å². The Morgan fingerprint density at radius 3 is 0.629 bits per heavy atom. The number of phosphoric acid groups is 1. The molecule has 0 aliphatic heterocycles. The Morgan fingerprint density at radius 2 is 0.452 bits per heavy atom. The number of hydrogen-bond acceptors (Lipinski definition) is 10. The van der Waals surface area contributed by atoms with Crippen molar-refractivity contribution in [3.05, 3.63) is 176 Å². The van der Waals surface area contributed by atoms with Crippen LogP contribution in [-0.2, 0) is 18.2 Å². The minimum Gasteiger partial charge on any atom is -0.413 e. The van der Waals surface area contributed by atoms with E-state index in [0.29, 0.717) is 66.8 Å². The van der Waals surface area contributed by atoms with Crippen LogP contribution in [0, 0.1) is 83.1 Å². The summed E-state index contributed by atoms with van der Waals surface area (Å²) in [5, 5.41) is 0. The predicted molar refractivity (Wildman–Crippen MR) is 247 cm³/mol. The Labute approximate surface area is 366 Å². The second-order valence-corrected chi connectivity index (χ2v) is 21.5. The van der Waals surface area contributed by atoms with Crippen LogP contribution in [-0.4, -0.2) is 5.59 Å². The van der Waals surface area contributed by atoms with Crippen LogP contribution in [0.2, 0.25) is 0 Å². The maximum Gasteiger partial charge on any atom is 0.589 e. The summed E-state index contributed by atoms with van der Waals surface area (Å²) in [5.41, 5.74) is 4.56. The number of benzene rings is 6. The molecule has 0 fully saturated rings. The normalized spacial score (nSPS) is 12.0. The first-order chi connectivity index (χ1) is 29.2. The SMILES string of the molecule is Cc1cccc(C)c1OP(=O)(Oc1c(C)cccc1C)OC(P(=O)(Oc1c(C)cccc1C)Oc1c(C)cccc1C)P(=O)(Oc1c(C)cccc1C)Oc1c(C)cccc1C. The Kier molecular flexibility index (Phi) is 13.9. The van der Waals surface area contributed by atoms with Crippen molar-refractivity contribution in [2.75, 3.05) is 0 Å². The van der Waals surface area contributed by atoms with Crippen molar-refractivity contribution in [2.45, 2.75) is 88.7 Å². The molecule has 0 N–H and O–H groups in total. The summed E-state index contributed by atoms with van der Waals surface area (Å²) in [6.07, 6.45) is 0. The van der Waals surface area contributed by atoms with Crippen LogP contribution < -0.4 is 27.1 Å². The zero-order valence-corrected chi connectivity index (χ0v) is 40.1. The Hall–Kier alpha value is -5.23. The summed E-state index contributed by atoms with van der Waals surface area (Å²) in [6, 6.07) is 32.3. The van der Waals surface area contributed by atoms with E-state index in [0.717, 1.165) is 0 Å². The van der Waals surface area contributed by atoms with Crippen molar-refractivity contribution >= 4 is 23.0 Å². The summed E-state index contributed by atoms with van der Waals surface area (Å²) in [7, 11) is -15.7. The van der Waals surface area contributed by atoms with Crippen LogP contribution in [0.4, 0.5) is 0 Å². The van der Waals surface area contributed by atoms with E-state index in [-0.39, 0.29) is 34.5 Å². The highest BCUT2D eigenvalue weighted by Gasteiger charge is 2.62. The highest BCUT2D eigenvalue weighted by Crippen LogP contribution is 2.74. The van der Waals surface area contributed by atoms with E-state index >= 15 is 13.7 Å². The van der Waals surface area contributed by atoms with Gasteiger partial charge in [0.1, 0.15) is 34.5 Å². The standard InChI is InChI=1S/C49H55O10P3/c1-31-19-13-20-32(2)43(31)53-60(50,54-44-33(3)21-14-22-34(44)4)49(61(51,55-45-35(5)23-15-24-36(45)6)56-46-37(7)25-16-26-38(46)8)59-62(52,57-47-39(9)27-17-28-40(47)10)58-48-41(11)29-18-30-42(48)12/h13-30,49H,1-12H3.